The van der Waals surface area contributed by atoms with Gasteiger partial charge in [0, 0.05) is 16.5 Å². The summed E-state index contributed by atoms with van der Waals surface area (Å²) in [6, 6.07) is 7.95. The van der Waals surface area contributed by atoms with Crippen molar-refractivity contribution in [1.29, 1.82) is 0 Å². The van der Waals surface area contributed by atoms with Gasteiger partial charge in [0.1, 0.15) is 5.82 Å². The number of fused-ring (bicyclic) bond motifs is 1. The molecule has 1 aromatic heterocycles. The molecule has 5 heteroatoms. The molecule has 0 aliphatic heterocycles. The van der Waals surface area contributed by atoms with Crippen LogP contribution in [0.5, 0.6) is 0 Å². The minimum Gasteiger partial charge on any atom is -0.311 e. The molecule has 0 fully saturated rings. The first-order chi connectivity index (χ1) is 8.72. The van der Waals surface area contributed by atoms with Crippen molar-refractivity contribution in [2.24, 2.45) is 5.92 Å². The zero-order valence-electron chi connectivity index (χ0n) is 9.61. The van der Waals surface area contributed by atoms with Gasteiger partial charge in [-0.2, -0.15) is 5.10 Å². The minimum absolute atomic E-state index is 0.0117. The van der Waals surface area contributed by atoms with E-state index in [9.17, 15) is 4.79 Å². The Hall–Kier alpha value is -1.62. The second-order valence-electron chi connectivity index (χ2n) is 4.48. The van der Waals surface area contributed by atoms with Crippen LogP contribution in [0.4, 0.5) is 5.82 Å². The van der Waals surface area contributed by atoms with E-state index in [4.69, 9.17) is 0 Å². The van der Waals surface area contributed by atoms with Crippen molar-refractivity contribution in [1.82, 2.24) is 10.2 Å². The summed E-state index contributed by atoms with van der Waals surface area (Å²) in [5, 5.41) is 9.38. The third-order valence-electron chi connectivity index (χ3n) is 3.23. The van der Waals surface area contributed by atoms with Gasteiger partial charge >= 0.3 is 0 Å². The number of nitrogens with one attached hydrogen (secondary N) is 2. The van der Waals surface area contributed by atoms with Gasteiger partial charge in [-0.05, 0) is 36.1 Å². The van der Waals surface area contributed by atoms with E-state index >= 15 is 0 Å². The third kappa shape index (κ3) is 2.18. The van der Waals surface area contributed by atoms with Crippen LogP contribution < -0.4 is 5.32 Å². The van der Waals surface area contributed by atoms with Gasteiger partial charge in [-0.3, -0.25) is 9.89 Å². The molecule has 0 saturated heterocycles. The summed E-state index contributed by atoms with van der Waals surface area (Å²) in [7, 11) is 0. The van der Waals surface area contributed by atoms with Crippen LogP contribution in [0.3, 0.4) is 0 Å². The topological polar surface area (TPSA) is 57.8 Å². The number of H-pyrrole nitrogens is 1. The first kappa shape index (κ1) is 11.5. The fourth-order valence-corrected chi connectivity index (χ4v) is 2.74. The molecule has 18 heavy (non-hydrogen) atoms. The summed E-state index contributed by atoms with van der Waals surface area (Å²) in [5.41, 5.74) is 2.53. The maximum absolute atomic E-state index is 12.1. The Morgan fingerprint density at radius 3 is 2.94 bits per heavy atom. The van der Waals surface area contributed by atoms with Crippen LogP contribution in [0, 0.1) is 5.92 Å². The quantitative estimate of drug-likeness (QED) is 0.896. The normalized spacial score (nSPS) is 17.5. The average molecular weight is 306 g/mol. The Bertz CT molecular complexity index is 580. The zero-order valence-corrected chi connectivity index (χ0v) is 11.2. The van der Waals surface area contributed by atoms with Gasteiger partial charge in [0.05, 0.1) is 6.20 Å². The van der Waals surface area contributed by atoms with E-state index in [0.29, 0.717) is 5.82 Å². The number of hydrogen-bond donors (Lipinski definition) is 2. The predicted octanol–water partition coefficient (Wildman–Crippen LogP) is 2.53. The van der Waals surface area contributed by atoms with E-state index in [1.54, 1.807) is 12.3 Å². The molecule has 1 aliphatic carbocycles. The molecule has 1 heterocycles. The number of halogens is 1. The minimum atomic E-state index is 0.0117. The first-order valence-corrected chi connectivity index (χ1v) is 6.59. The largest absolute Gasteiger partial charge is 0.311 e. The average Bonchev–Trinajstić information content (AvgIpc) is 2.96. The molecule has 1 atom stereocenters. The summed E-state index contributed by atoms with van der Waals surface area (Å²) in [6.07, 6.45) is 3.23. The van der Waals surface area contributed by atoms with Gasteiger partial charge in [0.2, 0.25) is 5.91 Å². The van der Waals surface area contributed by atoms with E-state index in [1.807, 2.05) is 6.07 Å². The van der Waals surface area contributed by atoms with Crippen molar-refractivity contribution in [2.75, 3.05) is 5.32 Å². The van der Waals surface area contributed by atoms with E-state index in [1.165, 1.54) is 11.1 Å². The second kappa shape index (κ2) is 4.57. The highest BCUT2D eigenvalue weighted by Gasteiger charge is 2.27. The van der Waals surface area contributed by atoms with Crippen molar-refractivity contribution in [2.45, 2.75) is 12.8 Å². The number of aromatic nitrogens is 2. The van der Waals surface area contributed by atoms with Gasteiger partial charge in [-0.1, -0.05) is 22.0 Å². The number of benzene rings is 1. The SMILES string of the molecule is O=C(Nc1ccn[nH]1)C1Cc2ccc(Br)cc2C1. The molecule has 0 radical (unpaired) electrons. The lowest BCUT2D eigenvalue weighted by atomic mass is 10.1. The van der Waals surface area contributed by atoms with E-state index in [0.717, 1.165) is 17.3 Å². The molecule has 0 bridgehead atoms. The van der Waals surface area contributed by atoms with Crippen molar-refractivity contribution in [3.63, 3.8) is 0 Å². The van der Waals surface area contributed by atoms with Crippen LogP contribution in [-0.4, -0.2) is 16.1 Å². The highest BCUT2D eigenvalue weighted by molar-refractivity contribution is 9.10. The number of hydrogen-bond acceptors (Lipinski definition) is 2. The molecule has 0 saturated carbocycles. The van der Waals surface area contributed by atoms with Crippen molar-refractivity contribution in [3.05, 3.63) is 46.1 Å². The third-order valence-corrected chi connectivity index (χ3v) is 3.72. The number of nitrogens with zero attached hydrogens (tertiary/aromatic N) is 1. The van der Waals surface area contributed by atoms with E-state index < -0.39 is 0 Å². The Morgan fingerprint density at radius 2 is 2.17 bits per heavy atom. The molecule has 3 rings (SSSR count). The van der Waals surface area contributed by atoms with E-state index in [-0.39, 0.29) is 11.8 Å². The lowest BCUT2D eigenvalue weighted by Gasteiger charge is -2.08. The van der Waals surface area contributed by atoms with Crippen LogP contribution in [0.25, 0.3) is 0 Å². The van der Waals surface area contributed by atoms with Gasteiger partial charge in [0.25, 0.3) is 0 Å². The molecule has 2 aromatic rings. The molecule has 1 aliphatic rings. The molecule has 1 aromatic carbocycles. The Labute approximate surface area is 113 Å². The molecular weight excluding hydrogens is 294 g/mol. The first-order valence-electron chi connectivity index (χ1n) is 5.80. The maximum atomic E-state index is 12.1. The monoisotopic (exact) mass is 305 g/mol. The molecule has 2 N–H and O–H groups in total. The summed E-state index contributed by atoms with van der Waals surface area (Å²) < 4.78 is 1.07. The smallest absolute Gasteiger partial charge is 0.229 e. The highest BCUT2D eigenvalue weighted by atomic mass is 79.9. The van der Waals surface area contributed by atoms with Gasteiger partial charge < -0.3 is 5.32 Å². The highest BCUT2D eigenvalue weighted by Crippen LogP contribution is 2.29. The second-order valence-corrected chi connectivity index (χ2v) is 5.39. The van der Waals surface area contributed by atoms with E-state index in [2.05, 4.69) is 43.6 Å². The number of carbonyl (C=O) groups excluding carboxylic acids is 1. The number of aromatic amines is 1. The van der Waals surface area contributed by atoms with Crippen molar-refractivity contribution in [3.8, 4) is 0 Å². The standard InChI is InChI=1S/C13H12BrN3O/c14-11-2-1-8-5-10(6-9(8)7-11)13(18)16-12-3-4-15-17-12/h1-4,7,10H,5-6H2,(H2,15,16,17,18). The summed E-state index contributed by atoms with van der Waals surface area (Å²) in [6.45, 7) is 0. The fraction of sp³-hybridized carbons (Fsp3) is 0.231. The Kier molecular flexibility index (Phi) is 2.91. The summed E-state index contributed by atoms with van der Waals surface area (Å²) in [5.74, 6) is 0.710. The molecule has 4 nitrogen and oxygen atoms in total. The fourth-order valence-electron chi connectivity index (χ4n) is 2.33. The molecule has 92 valence electrons. The van der Waals surface area contributed by atoms with Crippen molar-refractivity contribution >= 4 is 27.7 Å². The lowest BCUT2D eigenvalue weighted by molar-refractivity contribution is -0.119. The summed E-state index contributed by atoms with van der Waals surface area (Å²) >= 11 is 3.46. The molecular formula is C13H12BrN3O. The number of rotatable bonds is 2. The molecule has 1 amide bonds. The van der Waals surface area contributed by atoms with Crippen LogP contribution in [0.2, 0.25) is 0 Å². The van der Waals surface area contributed by atoms with Gasteiger partial charge in [0.15, 0.2) is 0 Å². The Morgan fingerprint density at radius 1 is 1.33 bits per heavy atom. The van der Waals surface area contributed by atoms with Crippen LogP contribution in [0.15, 0.2) is 34.9 Å². The molecule has 0 spiro atoms. The number of amides is 1. The summed E-state index contributed by atoms with van der Waals surface area (Å²) in [4.78, 5) is 12.1. The van der Waals surface area contributed by atoms with Gasteiger partial charge in [-0.15, -0.1) is 0 Å². The van der Waals surface area contributed by atoms with Gasteiger partial charge in [-0.25, -0.2) is 0 Å². The number of anilines is 1. The van der Waals surface area contributed by atoms with Crippen molar-refractivity contribution < 1.29 is 4.79 Å². The van der Waals surface area contributed by atoms with Crippen LogP contribution in [-0.2, 0) is 17.6 Å². The predicted molar refractivity (Wildman–Crippen MR) is 72.3 cm³/mol. The Balaban J connectivity index is 1.72. The molecule has 1 unspecified atom stereocenters. The zero-order chi connectivity index (χ0) is 12.5. The lowest BCUT2D eigenvalue weighted by Crippen LogP contribution is -2.23. The van der Waals surface area contributed by atoms with Crippen LogP contribution >= 0.6 is 15.9 Å². The number of carbonyl (C=O) groups is 1. The van der Waals surface area contributed by atoms with Crippen LogP contribution in [0.1, 0.15) is 11.1 Å². The maximum Gasteiger partial charge on any atom is 0.229 e.